The molecule has 5 nitrogen and oxygen atoms in total. The number of carbonyl (C=O) groups is 1. The summed E-state index contributed by atoms with van der Waals surface area (Å²) in [5.74, 6) is -0.272. The molecule has 0 amide bonds. The summed E-state index contributed by atoms with van der Waals surface area (Å²) in [5.41, 5.74) is 6.28. The quantitative estimate of drug-likeness (QED) is 0.782. The lowest BCUT2D eigenvalue weighted by molar-refractivity contribution is -0.146. The molecule has 2 N–H and O–H groups in total. The molecule has 0 spiro atoms. The maximum atomic E-state index is 11.6. The van der Waals surface area contributed by atoms with E-state index in [4.69, 9.17) is 10.5 Å². The number of hydrogen-bond donors (Lipinski definition) is 1. The van der Waals surface area contributed by atoms with Gasteiger partial charge in [0.25, 0.3) is 0 Å². The number of hydrogen-bond acceptors (Lipinski definition) is 4. The molecule has 0 saturated heterocycles. The van der Waals surface area contributed by atoms with Crippen LogP contribution in [0.5, 0.6) is 0 Å². The van der Waals surface area contributed by atoms with E-state index in [0.29, 0.717) is 6.61 Å². The van der Waals surface area contributed by atoms with Crippen LogP contribution in [0.25, 0.3) is 0 Å². The van der Waals surface area contributed by atoms with Crippen molar-refractivity contribution in [1.82, 2.24) is 9.55 Å². The summed E-state index contributed by atoms with van der Waals surface area (Å²) in [6.07, 6.45) is 3.28. The Morgan fingerprint density at radius 1 is 1.69 bits per heavy atom. The standard InChI is InChI=1S/C11H19N3O2/c1-5-16-10(15)8(2)14-7-13-6-9(14)11(3,4)12/h6-8H,5,12H2,1-4H3. The van der Waals surface area contributed by atoms with Crippen LogP contribution in [0.15, 0.2) is 12.5 Å². The molecule has 16 heavy (non-hydrogen) atoms. The highest BCUT2D eigenvalue weighted by molar-refractivity contribution is 5.73. The second kappa shape index (κ2) is 4.65. The number of nitrogens with two attached hydrogens (primary N) is 1. The summed E-state index contributed by atoms with van der Waals surface area (Å²) in [4.78, 5) is 15.6. The lowest BCUT2D eigenvalue weighted by Crippen LogP contribution is -2.33. The van der Waals surface area contributed by atoms with E-state index >= 15 is 0 Å². The molecule has 1 aromatic rings. The van der Waals surface area contributed by atoms with Gasteiger partial charge in [0, 0.05) is 0 Å². The molecule has 0 radical (unpaired) electrons. The summed E-state index contributed by atoms with van der Waals surface area (Å²) in [6, 6.07) is -0.403. The van der Waals surface area contributed by atoms with Gasteiger partial charge in [0.1, 0.15) is 6.04 Å². The third-order valence-electron chi connectivity index (χ3n) is 2.37. The number of rotatable bonds is 4. The molecule has 1 rings (SSSR count). The van der Waals surface area contributed by atoms with Gasteiger partial charge < -0.3 is 15.0 Å². The molecule has 5 heteroatoms. The summed E-state index contributed by atoms with van der Waals surface area (Å²) in [7, 11) is 0. The average molecular weight is 225 g/mol. The van der Waals surface area contributed by atoms with E-state index < -0.39 is 11.6 Å². The smallest absolute Gasteiger partial charge is 0.328 e. The monoisotopic (exact) mass is 225 g/mol. The molecule has 0 aromatic carbocycles. The van der Waals surface area contributed by atoms with Crippen LogP contribution in [-0.2, 0) is 15.1 Å². The Balaban J connectivity index is 2.96. The van der Waals surface area contributed by atoms with Crippen LogP contribution in [0.4, 0.5) is 0 Å². The Kier molecular flexibility index (Phi) is 3.70. The zero-order valence-corrected chi connectivity index (χ0v) is 10.2. The zero-order chi connectivity index (χ0) is 12.3. The first-order chi connectivity index (χ1) is 7.38. The topological polar surface area (TPSA) is 70.1 Å². The molecule has 0 aliphatic rings. The minimum atomic E-state index is -0.531. The maximum Gasteiger partial charge on any atom is 0.328 e. The van der Waals surface area contributed by atoms with Gasteiger partial charge >= 0.3 is 5.97 Å². The predicted molar refractivity (Wildman–Crippen MR) is 60.8 cm³/mol. The van der Waals surface area contributed by atoms with E-state index in [1.54, 1.807) is 30.9 Å². The van der Waals surface area contributed by atoms with Crippen molar-refractivity contribution in [2.75, 3.05) is 6.61 Å². The highest BCUT2D eigenvalue weighted by Gasteiger charge is 2.25. The van der Waals surface area contributed by atoms with Gasteiger partial charge in [0.2, 0.25) is 0 Å². The molecular formula is C11H19N3O2. The fraction of sp³-hybridized carbons (Fsp3) is 0.636. The van der Waals surface area contributed by atoms with Gasteiger partial charge in [-0.1, -0.05) is 0 Å². The van der Waals surface area contributed by atoms with Gasteiger partial charge in [-0.2, -0.15) is 0 Å². The van der Waals surface area contributed by atoms with Gasteiger partial charge in [-0.05, 0) is 27.7 Å². The molecule has 0 fully saturated rings. The molecule has 1 heterocycles. The van der Waals surface area contributed by atoms with E-state index in [-0.39, 0.29) is 5.97 Å². The molecule has 0 aliphatic carbocycles. The Hall–Kier alpha value is -1.36. The highest BCUT2D eigenvalue weighted by atomic mass is 16.5. The second-order valence-electron chi connectivity index (χ2n) is 4.34. The van der Waals surface area contributed by atoms with E-state index in [9.17, 15) is 4.79 Å². The second-order valence-corrected chi connectivity index (χ2v) is 4.34. The normalized spacial score (nSPS) is 13.6. The van der Waals surface area contributed by atoms with Crippen LogP contribution >= 0.6 is 0 Å². The van der Waals surface area contributed by atoms with E-state index in [1.165, 1.54) is 0 Å². The predicted octanol–water partition coefficient (Wildman–Crippen LogP) is 1.20. The number of ether oxygens (including phenoxy) is 1. The fourth-order valence-corrected chi connectivity index (χ4v) is 1.49. The summed E-state index contributed by atoms with van der Waals surface area (Å²) >= 11 is 0. The van der Waals surface area contributed by atoms with Crippen LogP contribution in [0.1, 0.15) is 39.4 Å². The van der Waals surface area contributed by atoms with Crippen LogP contribution < -0.4 is 5.73 Å². The number of esters is 1. The van der Waals surface area contributed by atoms with Crippen LogP contribution in [0.2, 0.25) is 0 Å². The van der Waals surface area contributed by atoms with Crippen molar-refractivity contribution in [3.63, 3.8) is 0 Å². The molecule has 0 saturated carbocycles. The SMILES string of the molecule is CCOC(=O)C(C)n1cncc1C(C)(C)N. The van der Waals surface area contributed by atoms with Crippen molar-refractivity contribution >= 4 is 5.97 Å². The lowest BCUT2D eigenvalue weighted by atomic mass is 10.0. The first-order valence-corrected chi connectivity index (χ1v) is 5.35. The van der Waals surface area contributed by atoms with E-state index in [1.807, 2.05) is 13.8 Å². The number of nitrogens with zero attached hydrogens (tertiary/aromatic N) is 2. The Bertz CT molecular complexity index is 366. The van der Waals surface area contributed by atoms with Gasteiger partial charge in [0.05, 0.1) is 30.4 Å². The molecule has 1 unspecified atom stereocenters. The van der Waals surface area contributed by atoms with Crippen LogP contribution in [0.3, 0.4) is 0 Å². The minimum Gasteiger partial charge on any atom is -0.464 e. The van der Waals surface area contributed by atoms with Gasteiger partial charge in [-0.3, -0.25) is 0 Å². The summed E-state index contributed by atoms with van der Waals surface area (Å²) < 4.78 is 6.71. The first-order valence-electron chi connectivity index (χ1n) is 5.35. The number of carbonyl (C=O) groups excluding carboxylic acids is 1. The Morgan fingerprint density at radius 2 is 2.31 bits per heavy atom. The van der Waals surface area contributed by atoms with Crippen LogP contribution in [-0.4, -0.2) is 22.1 Å². The Labute approximate surface area is 95.6 Å². The summed E-state index contributed by atoms with van der Waals surface area (Å²) in [5, 5.41) is 0. The zero-order valence-electron chi connectivity index (χ0n) is 10.2. The van der Waals surface area contributed by atoms with Gasteiger partial charge in [0.15, 0.2) is 0 Å². The lowest BCUT2D eigenvalue weighted by Gasteiger charge is -2.23. The third kappa shape index (κ3) is 2.61. The third-order valence-corrected chi connectivity index (χ3v) is 2.37. The largest absolute Gasteiger partial charge is 0.464 e. The maximum absolute atomic E-state index is 11.6. The molecule has 0 bridgehead atoms. The number of aromatic nitrogens is 2. The van der Waals surface area contributed by atoms with Crippen molar-refractivity contribution in [3.05, 3.63) is 18.2 Å². The van der Waals surface area contributed by atoms with Crippen molar-refractivity contribution in [1.29, 1.82) is 0 Å². The van der Waals surface area contributed by atoms with Crippen molar-refractivity contribution in [2.45, 2.75) is 39.3 Å². The molecule has 90 valence electrons. The van der Waals surface area contributed by atoms with Crippen LogP contribution in [0, 0.1) is 0 Å². The van der Waals surface area contributed by atoms with Crippen molar-refractivity contribution in [2.24, 2.45) is 5.73 Å². The fourth-order valence-electron chi connectivity index (χ4n) is 1.49. The highest BCUT2D eigenvalue weighted by Crippen LogP contribution is 2.20. The Morgan fingerprint density at radius 3 is 2.81 bits per heavy atom. The van der Waals surface area contributed by atoms with E-state index in [0.717, 1.165) is 5.69 Å². The average Bonchev–Trinajstić information content (AvgIpc) is 2.64. The van der Waals surface area contributed by atoms with Crippen molar-refractivity contribution in [3.8, 4) is 0 Å². The van der Waals surface area contributed by atoms with Gasteiger partial charge in [-0.25, -0.2) is 9.78 Å². The van der Waals surface area contributed by atoms with Crippen molar-refractivity contribution < 1.29 is 9.53 Å². The number of imidazole rings is 1. The summed E-state index contributed by atoms with van der Waals surface area (Å²) in [6.45, 7) is 7.68. The molecule has 0 aliphatic heterocycles. The van der Waals surface area contributed by atoms with E-state index in [2.05, 4.69) is 4.98 Å². The molecule has 1 aromatic heterocycles. The first kappa shape index (κ1) is 12.7. The molecule has 1 atom stereocenters. The van der Waals surface area contributed by atoms with Gasteiger partial charge in [-0.15, -0.1) is 0 Å². The minimum absolute atomic E-state index is 0.272. The molecular weight excluding hydrogens is 206 g/mol.